The zero-order valence-electron chi connectivity index (χ0n) is 20.1. The number of nitrogens with zero attached hydrogens (tertiary/aromatic N) is 3. The summed E-state index contributed by atoms with van der Waals surface area (Å²) in [6.45, 7) is 6.49. The third kappa shape index (κ3) is 3.97. The van der Waals surface area contributed by atoms with Crippen LogP contribution in [0.2, 0.25) is 5.02 Å². The lowest BCUT2D eigenvalue weighted by Gasteiger charge is -2.30. The average Bonchev–Trinajstić information content (AvgIpc) is 3.31. The maximum atomic E-state index is 6.36. The van der Waals surface area contributed by atoms with Gasteiger partial charge >= 0.3 is 0 Å². The largest absolute Gasteiger partial charge is 0.495 e. The Morgan fingerprint density at radius 1 is 0.971 bits per heavy atom. The van der Waals surface area contributed by atoms with Gasteiger partial charge in [-0.05, 0) is 81.0 Å². The molecular weight excluding hydrogens is 476 g/mol. The Hall–Kier alpha value is -3.35. The van der Waals surface area contributed by atoms with E-state index >= 15 is 0 Å². The molecule has 178 valence electrons. The molecule has 7 heteroatoms. The SMILES string of the molecule is COc1ccccc1N1C(=S)N[C@@H](c2ccccn2)[C@H]1c1c(C)c(C)n(-c2cccc(Cl)c2)c1C. The van der Waals surface area contributed by atoms with E-state index in [2.05, 4.69) is 41.6 Å². The molecule has 4 aromatic rings. The number of methoxy groups -OCH3 is 1. The number of pyridine rings is 1. The van der Waals surface area contributed by atoms with E-state index in [1.165, 1.54) is 11.1 Å². The minimum atomic E-state index is -0.138. The summed E-state index contributed by atoms with van der Waals surface area (Å²) in [7, 11) is 1.69. The Kier molecular flexibility index (Phi) is 6.26. The van der Waals surface area contributed by atoms with Crippen LogP contribution < -0.4 is 15.0 Å². The van der Waals surface area contributed by atoms with Gasteiger partial charge in [-0.15, -0.1) is 0 Å². The van der Waals surface area contributed by atoms with E-state index in [9.17, 15) is 0 Å². The van der Waals surface area contributed by atoms with E-state index in [-0.39, 0.29) is 12.1 Å². The van der Waals surface area contributed by atoms with Crippen LogP contribution >= 0.6 is 23.8 Å². The molecule has 0 radical (unpaired) electrons. The van der Waals surface area contributed by atoms with Gasteiger partial charge in [0.15, 0.2) is 5.11 Å². The van der Waals surface area contributed by atoms with Gasteiger partial charge in [-0.25, -0.2) is 0 Å². The molecule has 1 aliphatic heterocycles. The normalized spacial score (nSPS) is 17.5. The molecule has 1 saturated heterocycles. The van der Waals surface area contributed by atoms with E-state index in [1.54, 1.807) is 7.11 Å². The molecule has 0 unspecified atom stereocenters. The van der Waals surface area contributed by atoms with Gasteiger partial charge < -0.3 is 19.5 Å². The molecule has 1 aliphatic rings. The van der Waals surface area contributed by atoms with Gasteiger partial charge in [-0.2, -0.15) is 0 Å². The van der Waals surface area contributed by atoms with Gasteiger partial charge in [0, 0.05) is 33.9 Å². The number of para-hydroxylation sites is 2. The molecule has 0 spiro atoms. The van der Waals surface area contributed by atoms with Gasteiger partial charge in [0.2, 0.25) is 0 Å². The summed E-state index contributed by atoms with van der Waals surface area (Å²) in [5, 5.41) is 4.91. The molecule has 2 aromatic heterocycles. The predicted octanol–water partition coefficient (Wildman–Crippen LogP) is 6.64. The zero-order valence-corrected chi connectivity index (χ0v) is 21.7. The summed E-state index contributed by atoms with van der Waals surface area (Å²) in [5.74, 6) is 0.768. The van der Waals surface area contributed by atoms with Gasteiger partial charge in [0.1, 0.15) is 5.75 Å². The van der Waals surface area contributed by atoms with Crippen LogP contribution in [0.1, 0.15) is 40.3 Å². The van der Waals surface area contributed by atoms with Crippen molar-refractivity contribution in [2.45, 2.75) is 32.9 Å². The molecule has 1 N–H and O–H groups in total. The average molecular weight is 503 g/mol. The Labute approximate surface area is 216 Å². The van der Waals surface area contributed by atoms with E-state index in [0.29, 0.717) is 10.1 Å². The molecule has 0 amide bonds. The number of benzene rings is 2. The van der Waals surface area contributed by atoms with E-state index in [4.69, 9.17) is 33.5 Å². The first-order valence-corrected chi connectivity index (χ1v) is 12.3. The third-order valence-electron chi connectivity index (χ3n) is 6.81. The molecule has 35 heavy (non-hydrogen) atoms. The van der Waals surface area contributed by atoms with Gasteiger partial charge in [-0.1, -0.05) is 35.9 Å². The lowest BCUT2D eigenvalue weighted by atomic mass is 9.93. The number of ether oxygens (including phenoxy) is 1. The highest BCUT2D eigenvalue weighted by molar-refractivity contribution is 7.80. The molecule has 2 atom stereocenters. The first kappa shape index (κ1) is 23.4. The molecule has 0 aliphatic carbocycles. The molecule has 2 aromatic carbocycles. The Morgan fingerprint density at radius 2 is 1.74 bits per heavy atom. The van der Waals surface area contributed by atoms with Crippen LogP contribution in [0.4, 0.5) is 5.69 Å². The second kappa shape index (κ2) is 9.36. The molecular formula is C28H27ClN4OS. The second-order valence-corrected chi connectivity index (χ2v) is 9.52. The molecule has 0 bridgehead atoms. The fraction of sp³-hybridized carbons (Fsp3) is 0.214. The first-order valence-electron chi connectivity index (χ1n) is 11.5. The summed E-state index contributed by atoms with van der Waals surface area (Å²) >= 11 is 12.3. The number of hydrogen-bond donors (Lipinski definition) is 1. The number of halogens is 1. The molecule has 5 rings (SSSR count). The molecule has 5 nitrogen and oxygen atoms in total. The Bertz CT molecular complexity index is 1400. The van der Waals surface area contributed by atoms with Crippen LogP contribution in [-0.2, 0) is 0 Å². The fourth-order valence-electron chi connectivity index (χ4n) is 5.18. The highest BCUT2D eigenvalue weighted by Gasteiger charge is 2.44. The molecule has 3 heterocycles. The number of rotatable bonds is 5. The quantitative estimate of drug-likeness (QED) is 0.310. The van der Waals surface area contributed by atoms with Crippen molar-refractivity contribution < 1.29 is 4.74 Å². The zero-order chi connectivity index (χ0) is 24.7. The summed E-state index contributed by atoms with van der Waals surface area (Å²) in [5.41, 5.74) is 7.61. The van der Waals surface area contributed by atoms with Crippen molar-refractivity contribution in [2.75, 3.05) is 12.0 Å². The summed E-state index contributed by atoms with van der Waals surface area (Å²) < 4.78 is 8.01. The van der Waals surface area contributed by atoms with Crippen molar-refractivity contribution in [1.82, 2.24) is 14.9 Å². The lowest BCUT2D eigenvalue weighted by molar-refractivity contribution is 0.414. The van der Waals surface area contributed by atoms with Crippen LogP contribution in [0.15, 0.2) is 72.9 Å². The van der Waals surface area contributed by atoms with Gasteiger partial charge in [-0.3, -0.25) is 4.98 Å². The standard InChI is InChI=1S/C28H27ClN4OS/c1-17-18(2)32(21-11-9-10-20(29)16-21)19(3)25(17)27-26(22-12-7-8-15-30-22)31-28(35)33(27)23-13-5-6-14-24(23)34-4/h5-16,26-27H,1-4H3,(H,31,35)/t26-,27+/m0/s1. The molecule has 1 fully saturated rings. The van der Waals surface area contributed by atoms with Crippen molar-refractivity contribution in [2.24, 2.45) is 0 Å². The minimum absolute atomic E-state index is 0.132. The third-order valence-corrected chi connectivity index (χ3v) is 7.36. The van der Waals surface area contributed by atoms with Crippen molar-refractivity contribution in [3.05, 3.63) is 106 Å². The van der Waals surface area contributed by atoms with Gasteiger partial charge in [0.05, 0.1) is 30.6 Å². The van der Waals surface area contributed by atoms with Crippen LogP contribution in [-0.4, -0.2) is 21.8 Å². The minimum Gasteiger partial charge on any atom is -0.495 e. The van der Waals surface area contributed by atoms with Crippen molar-refractivity contribution in [3.8, 4) is 11.4 Å². The summed E-state index contributed by atoms with van der Waals surface area (Å²) in [4.78, 5) is 6.87. The van der Waals surface area contributed by atoms with E-state index in [1.807, 2.05) is 66.9 Å². The number of thiocarbonyl (C=S) groups is 1. The topological polar surface area (TPSA) is 42.3 Å². The number of hydrogen-bond acceptors (Lipinski definition) is 3. The number of aromatic nitrogens is 2. The van der Waals surface area contributed by atoms with Crippen LogP contribution in [0.25, 0.3) is 5.69 Å². The summed E-state index contributed by atoms with van der Waals surface area (Å²) in [6.07, 6.45) is 1.82. The predicted molar refractivity (Wildman–Crippen MR) is 146 cm³/mol. The number of nitrogens with one attached hydrogen (secondary N) is 1. The smallest absolute Gasteiger partial charge is 0.174 e. The van der Waals surface area contributed by atoms with Crippen LogP contribution in [0.5, 0.6) is 5.75 Å². The first-order chi connectivity index (χ1) is 16.9. The van der Waals surface area contributed by atoms with E-state index in [0.717, 1.165) is 34.2 Å². The van der Waals surface area contributed by atoms with Crippen molar-refractivity contribution >= 4 is 34.6 Å². The van der Waals surface area contributed by atoms with Crippen molar-refractivity contribution in [3.63, 3.8) is 0 Å². The van der Waals surface area contributed by atoms with E-state index < -0.39 is 0 Å². The van der Waals surface area contributed by atoms with Gasteiger partial charge in [0.25, 0.3) is 0 Å². The van der Waals surface area contributed by atoms with Crippen LogP contribution in [0.3, 0.4) is 0 Å². The number of anilines is 1. The summed E-state index contributed by atoms with van der Waals surface area (Å²) in [6, 6.07) is 21.7. The Balaban J connectivity index is 1.75. The lowest BCUT2D eigenvalue weighted by Crippen LogP contribution is -2.30. The van der Waals surface area contributed by atoms with Crippen LogP contribution in [0, 0.1) is 20.8 Å². The maximum absolute atomic E-state index is 6.36. The highest BCUT2D eigenvalue weighted by Crippen LogP contribution is 2.47. The Morgan fingerprint density at radius 3 is 2.46 bits per heavy atom. The monoisotopic (exact) mass is 502 g/mol. The molecule has 0 saturated carbocycles. The fourth-order valence-corrected chi connectivity index (χ4v) is 5.70. The second-order valence-electron chi connectivity index (χ2n) is 8.69. The maximum Gasteiger partial charge on any atom is 0.174 e. The highest BCUT2D eigenvalue weighted by atomic mass is 35.5. The van der Waals surface area contributed by atoms with Crippen molar-refractivity contribution in [1.29, 1.82) is 0 Å².